The van der Waals surface area contributed by atoms with Crippen molar-refractivity contribution in [3.8, 4) is 11.1 Å². The van der Waals surface area contributed by atoms with Crippen molar-refractivity contribution in [3.05, 3.63) is 95.6 Å². The SMILES string of the molecule is CC(=O)NC1[C@H](O[C@H](C)[C@H](NC(=O)OCC2c3ccccc3-c3ccccc32)C(=O)OCc2ccccc2)OC(COC(C)=O)[C@@H](OC(C)=O)[C@@H]1OC(C)=O. The molecule has 2 N–H and O–H groups in total. The van der Waals surface area contributed by atoms with Crippen LogP contribution in [0.4, 0.5) is 4.79 Å². The fourth-order valence-corrected chi connectivity index (χ4v) is 6.65. The topological polar surface area (TPSA) is 191 Å². The zero-order chi connectivity index (χ0) is 39.6. The van der Waals surface area contributed by atoms with Crippen molar-refractivity contribution in [3.63, 3.8) is 0 Å². The van der Waals surface area contributed by atoms with Crippen molar-refractivity contribution in [2.24, 2.45) is 0 Å². The Bertz CT molecular complexity index is 1820. The number of hydrogen-bond donors (Lipinski definition) is 2. The van der Waals surface area contributed by atoms with Gasteiger partial charge < -0.3 is 43.8 Å². The molecule has 1 heterocycles. The van der Waals surface area contributed by atoms with E-state index in [4.69, 9.17) is 33.2 Å². The molecular formula is C40H44N2O13. The quantitative estimate of drug-likeness (QED) is 0.179. The summed E-state index contributed by atoms with van der Waals surface area (Å²) < 4.78 is 39.8. The van der Waals surface area contributed by atoms with Gasteiger partial charge in [0.1, 0.15) is 32.0 Å². The van der Waals surface area contributed by atoms with Gasteiger partial charge in [-0.1, -0.05) is 78.9 Å². The molecule has 0 radical (unpaired) electrons. The summed E-state index contributed by atoms with van der Waals surface area (Å²) in [5.74, 6) is -4.00. The fourth-order valence-electron chi connectivity index (χ4n) is 6.65. The smallest absolute Gasteiger partial charge is 0.407 e. The Hall–Kier alpha value is -5.80. The first-order chi connectivity index (χ1) is 26.3. The van der Waals surface area contributed by atoms with Gasteiger partial charge in [-0.25, -0.2) is 9.59 Å². The normalized spacial score (nSPS) is 21.1. The molecule has 0 saturated carbocycles. The molecule has 1 fully saturated rings. The second kappa shape index (κ2) is 18.5. The lowest BCUT2D eigenvalue weighted by Gasteiger charge is -2.45. The average Bonchev–Trinajstić information content (AvgIpc) is 3.46. The number of nitrogens with one attached hydrogen (secondary N) is 2. The summed E-state index contributed by atoms with van der Waals surface area (Å²) in [5, 5.41) is 5.18. The number of fused-ring (bicyclic) bond motifs is 3. The third kappa shape index (κ3) is 10.5. The van der Waals surface area contributed by atoms with Gasteiger partial charge in [0.2, 0.25) is 5.91 Å². The Morgan fingerprint density at radius 2 is 1.27 bits per heavy atom. The van der Waals surface area contributed by atoms with Crippen LogP contribution in [0.5, 0.6) is 0 Å². The van der Waals surface area contributed by atoms with Crippen LogP contribution in [-0.4, -0.2) is 91.9 Å². The van der Waals surface area contributed by atoms with Gasteiger partial charge in [-0.05, 0) is 34.7 Å². The molecule has 7 atom stereocenters. The molecule has 0 bridgehead atoms. The Morgan fingerprint density at radius 1 is 0.691 bits per heavy atom. The Labute approximate surface area is 317 Å². The standard InChI is InChI=1S/C40H44N2O13/c1-22(52-39-35(41-23(2)43)37(54-26(5)46)36(53-25(4)45)33(55-39)21-49-24(3)44)34(38(47)50-19-27-13-7-6-8-14-27)42-40(48)51-20-32-30-17-11-9-15-28(30)29-16-10-12-18-31(29)32/h6-18,22,32-37,39H,19-21H2,1-5H3,(H,41,43)(H,42,48)/t22-,33?,34+,35?,36-,37-,39-/m1/s1. The van der Waals surface area contributed by atoms with Crippen LogP contribution in [0.25, 0.3) is 11.1 Å². The van der Waals surface area contributed by atoms with Gasteiger partial charge in [0, 0.05) is 33.6 Å². The minimum absolute atomic E-state index is 0.0450. The molecule has 1 aliphatic heterocycles. The first-order valence-corrected chi connectivity index (χ1v) is 17.7. The van der Waals surface area contributed by atoms with E-state index in [-0.39, 0.29) is 19.1 Å². The zero-order valence-electron chi connectivity index (χ0n) is 31.1. The van der Waals surface area contributed by atoms with Crippen LogP contribution in [0, 0.1) is 0 Å². The summed E-state index contributed by atoms with van der Waals surface area (Å²) in [5.41, 5.74) is 4.73. The van der Waals surface area contributed by atoms with Crippen molar-refractivity contribution >= 4 is 35.9 Å². The second-order valence-corrected chi connectivity index (χ2v) is 13.1. The van der Waals surface area contributed by atoms with E-state index in [1.807, 2.05) is 54.6 Å². The summed E-state index contributed by atoms with van der Waals surface area (Å²) in [6.07, 6.45) is -7.76. The summed E-state index contributed by atoms with van der Waals surface area (Å²) in [4.78, 5) is 75.9. The van der Waals surface area contributed by atoms with Crippen molar-refractivity contribution in [2.45, 2.75) is 89.9 Å². The number of esters is 4. The highest BCUT2D eigenvalue weighted by atomic mass is 16.7. The van der Waals surface area contributed by atoms with Gasteiger partial charge in [0.15, 0.2) is 24.5 Å². The van der Waals surface area contributed by atoms with E-state index < -0.39 is 85.3 Å². The maximum atomic E-state index is 13.7. The third-order valence-corrected chi connectivity index (χ3v) is 8.98. The highest BCUT2D eigenvalue weighted by Crippen LogP contribution is 2.44. The lowest BCUT2D eigenvalue weighted by Crippen LogP contribution is -2.67. The van der Waals surface area contributed by atoms with Crippen LogP contribution in [0.1, 0.15) is 57.2 Å². The largest absolute Gasteiger partial charge is 0.463 e. The highest BCUT2D eigenvalue weighted by Gasteiger charge is 2.52. The van der Waals surface area contributed by atoms with Crippen LogP contribution in [0.15, 0.2) is 78.9 Å². The van der Waals surface area contributed by atoms with Gasteiger partial charge in [-0.2, -0.15) is 0 Å². The second-order valence-electron chi connectivity index (χ2n) is 13.1. The first-order valence-electron chi connectivity index (χ1n) is 17.7. The predicted octanol–water partition coefficient (Wildman–Crippen LogP) is 3.70. The molecule has 2 amide bonds. The molecule has 5 rings (SSSR count). The first kappa shape index (κ1) is 40.4. The van der Waals surface area contributed by atoms with Gasteiger partial charge >= 0.3 is 30.0 Å². The van der Waals surface area contributed by atoms with Crippen LogP contribution in [0.3, 0.4) is 0 Å². The van der Waals surface area contributed by atoms with Gasteiger partial charge in [0.05, 0.1) is 6.10 Å². The van der Waals surface area contributed by atoms with E-state index in [0.29, 0.717) is 5.56 Å². The van der Waals surface area contributed by atoms with E-state index in [2.05, 4.69) is 10.6 Å². The molecule has 0 spiro atoms. The molecule has 3 aromatic carbocycles. The summed E-state index contributed by atoms with van der Waals surface area (Å²) in [6, 6.07) is 21.7. The molecule has 0 aromatic heterocycles. The highest BCUT2D eigenvalue weighted by molar-refractivity contribution is 5.82. The molecular weight excluding hydrogens is 716 g/mol. The van der Waals surface area contributed by atoms with Gasteiger partial charge in [-0.15, -0.1) is 0 Å². The number of rotatable bonds is 14. The van der Waals surface area contributed by atoms with E-state index >= 15 is 0 Å². The van der Waals surface area contributed by atoms with E-state index in [1.54, 1.807) is 24.3 Å². The molecule has 2 unspecified atom stereocenters. The molecule has 292 valence electrons. The minimum Gasteiger partial charge on any atom is -0.463 e. The molecule has 15 nitrogen and oxygen atoms in total. The van der Waals surface area contributed by atoms with E-state index in [1.165, 1.54) is 13.8 Å². The summed E-state index contributed by atoms with van der Waals surface area (Å²) >= 11 is 0. The monoisotopic (exact) mass is 760 g/mol. The number of amides is 2. The molecule has 1 aliphatic carbocycles. The lowest BCUT2D eigenvalue weighted by molar-refractivity contribution is -0.288. The summed E-state index contributed by atoms with van der Waals surface area (Å²) in [6.45, 7) is 5.39. The Balaban J connectivity index is 1.39. The molecule has 15 heteroatoms. The number of hydrogen-bond acceptors (Lipinski definition) is 13. The van der Waals surface area contributed by atoms with Crippen molar-refractivity contribution < 1.29 is 61.9 Å². The Kier molecular flexibility index (Phi) is 13.6. The lowest BCUT2D eigenvalue weighted by atomic mass is 9.95. The zero-order valence-corrected chi connectivity index (χ0v) is 31.1. The van der Waals surface area contributed by atoms with Gasteiger partial charge in [-0.3, -0.25) is 19.2 Å². The summed E-state index contributed by atoms with van der Waals surface area (Å²) in [7, 11) is 0. The molecule has 2 aliphatic rings. The average molecular weight is 761 g/mol. The maximum absolute atomic E-state index is 13.7. The van der Waals surface area contributed by atoms with E-state index in [0.717, 1.165) is 43.0 Å². The Morgan fingerprint density at radius 3 is 1.85 bits per heavy atom. The van der Waals surface area contributed by atoms with Crippen molar-refractivity contribution in [1.82, 2.24) is 10.6 Å². The number of alkyl carbamates (subject to hydrolysis) is 1. The number of benzene rings is 3. The van der Waals surface area contributed by atoms with Crippen LogP contribution in [-0.2, 0) is 63.7 Å². The molecule has 1 saturated heterocycles. The molecule has 3 aromatic rings. The van der Waals surface area contributed by atoms with Crippen LogP contribution in [0.2, 0.25) is 0 Å². The molecule has 55 heavy (non-hydrogen) atoms. The fraction of sp³-hybridized carbons (Fsp3) is 0.400. The van der Waals surface area contributed by atoms with Crippen LogP contribution < -0.4 is 10.6 Å². The van der Waals surface area contributed by atoms with Gasteiger partial charge in [0.25, 0.3) is 0 Å². The van der Waals surface area contributed by atoms with Crippen LogP contribution >= 0.6 is 0 Å². The number of carbonyl (C=O) groups excluding carboxylic acids is 6. The maximum Gasteiger partial charge on any atom is 0.407 e. The van der Waals surface area contributed by atoms with Crippen molar-refractivity contribution in [1.29, 1.82) is 0 Å². The predicted molar refractivity (Wildman–Crippen MR) is 193 cm³/mol. The number of carbonyl (C=O) groups is 6. The van der Waals surface area contributed by atoms with Crippen molar-refractivity contribution in [2.75, 3.05) is 13.2 Å². The van der Waals surface area contributed by atoms with E-state index in [9.17, 15) is 28.8 Å². The third-order valence-electron chi connectivity index (χ3n) is 8.98. The number of ether oxygens (including phenoxy) is 7. The minimum atomic E-state index is -1.52.